The second kappa shape index (κ2) is 8.58. The molecule has 9 heteroatoms. The summed E-state index contributed by atoms with van der Waals surface area (Å²) in [5, 5.41) is 4.71. The summed E-state index contributed by atoms with van der Waals surface area (Å²) < 4.78 is 10.9. The van der Waals surface area contributed by atoms with E-state index in [1.807, 2.05) is 48.5 Å². The second-order valence-corrected chi connectivity index (χ2v) is 10.7. The van der Waals surface area contributed by atoms with E-state index in [9.17, 15) is 14.4 Å². The van der Waals surface area contributed by atoms with Gasteiger partial charge in [0.15, 0.2) is 0 Å². The fourth-order valence-corrected chi connectivity index (χ4v) is 7.08. The Bertz CT molecular complexity index is 1530. The highest BCUT2D eigenvalue weighted by molar-refractivity contribution is 6.36. The van der Waals surface area contributed by atoms with Crippen LogP contribution < -0.4 is 10.3 Å². The predicted molar refractivity (Wildman–Crippen MR) is 143 cm³/mol. The van der Waals surface area contributed by atoms with Crippen LogP contribution in [-0.2, 0) is 29.3 Å². The van der Waals surface area contributed by atoms with Crippen LogP contribution in [0.4, 0.5) is 5.69 Å². The Hall–Kier alpha value is -3.85. The normalized spacial score (nSPS) is 27.9. The number of benzene rings is 3. The van der Waals surface area contributed by atoms with Crippen molar-refractivity contribution in [3.63, 3.8) is 0 Å². The molecule has 2 bridgehead atoms. The van der Waals surface area contributed by atoms with Gasteiger partial charge in [0.25, 0.3) is 5.91 Å². The Morgan fingerprint density at radius 3 is 2.18 bits per heavy atom. The molecule has 0 saturated carbocycles. The Labute approximate surface area is 229 Å². The molecule has 2 atom stereocenters. The number of para-hydroxylation sites is 1. The number of anilines is 1. The van der Waals surface area contributed by atoms with Crippen molar-refractivity contribution < 1.29 is 23.9 Å². The van der Waals surface area contributed by atoms with Crippen LogP contribution in [0.25, 0.3) is 0 Å². The summed E-state index contributed by atoms with van der Waals surface area (Å²) in [5.74, 6) is -4.41. The van der Waals surface area contributed by atoms with Crippen molar-refractivity contribution in [1.29, 1.82) is 0 Å². The first kappa shape index (κ1) is 24.2. The van der Waals surface area contributed by atoms with Gasteiger partial charge in [0.05, 0.1) is 41.2 Å². The molecule has 0 spiro atoms. The van der Waals surface area contributed by atoms with E-state index >= 15 is 0 Å². The van der Waals surface area contributed by atoms with Gasteiger partial charge in [0.1, 0.15) is 0 Å². The van der Waals surface area contributed by atoms with E-state index in [1.165, 1.54) is 11.8 Å². The SMILES string of the molecule is CC1(C(=O)N/N=C\C23c4ccccc4C(c4ccccc42)[C@@H]2C(=O)N(c4ccccc4Cl)C(=O)[C@@H]23)OCCO1. The molecule has 196 valence electrons. The Morgan fingerprint density at radius 2 is 1.54 bits per heavy atom. The van der Waals surface area contributed by atoms with Crippen LogP contribution in [0.15, 0.2) is 77.9 Å². The van der Waals surface area contributed by atoms with Gasteiger partial charge < -0.3 is 9.47 Å². The van der Waals surface area contributed by atoms with Crippen LogP contribution in [0, 0.1) is 11.8 Å². The zero-order chi connectivity index (χ0) is 26.9. The fourth-order valence-electron chi connectivity index (χ4n) is 6.86. The number of hydrogen-bond donors (Lipinski definition) is 1. The van der Waals surface area contributed by atoms with Crippen LogP contribution in [0.5, 0.6) is 0 Å². The Balaban J connectivity index is 1.42. The number of hydrazone groups is 1. The van der Waals surface area contributed by atoms with Gasteiger partial charge in [-0.15, -0.1) is 0 Å². The molecule has 3 aromatic rings. The Morgan fingerprint density at radius 1 is 0.949 bits per heavy atom. The summed E-state index contributed by atoms with van der Waals surface area (Å²) >= 11 is 6.48. The lowest BCUT2D eigenvalue weighted by Gasteiger charge is -2.52. The molecular weight excluding hydrogens is 518 g/mol. The molecule has 2 saturated heterocycles. The van der Waals surface area contributed by atoms with Gasteiger partial charge in [0, 0.05) is 12.1 Å². The van der Waals surface area contributed by atoms with Crippen molar-refractivity contribution in [3.05, 3.63) is 100 Å². The van der Waals surface area contributed by atoms with E-state index in [2.05, 4.69) is 10.5 Å². The lowest BCUT2D eigenvalue weighted by Crippen LogP contribution is -2.55. The molecule has 0 aromatic heterocycles. The zero-order valence-corrected chi connectivity index (χ0v) is 21.7. The summed E-state index contributed by atoms with van der Waals surface area (Å²) in [6, 6.07) is 22.5. The molecule has 8 nitrogen and oxygen atoms in total. The number of nitrogens with zero attached hydrogens (tertiary/aromatic N) is 2. The molecule has 0 radical (unpaired) electrons. The van der Waals surface area contributed by atoms with Gasteiger partial charge in [0.2, 0.25) is 17.6 Å². The number of rotatable bonds is 4. The van der Waals surface area contributed by atoms with Gasteiger partial charge in [-0.3, -0.25) is 14.4 Å². The molecule has 39 heavy (non-hydrogen) atoms. The molecule has 8 rings (SSSR count). The first-order valence-corrected chi connectivity index (χ1v) is 13.2. The average molecular weight is 542 g/mol. The predicted octanol–water partition coefficient (Wildman–Crippen LogP) is 3.76. The third-order valence-electron chi connectivity index (χ3n) is 8.46. The van der Waals surface area contributed by atoms with Crippen molar-refractivity contribution in [2.45, 2.75) is 24.0 Å². The molecule has 2 fully saturated rings. The highest BCUT2D eigenvalue weighted by atomic mass is 35.5. The minimum absolute atomic E-state index is 0.297. The quantitative estimate of drug-likeness (QED) is 0.308. The van der Waals surface area contributed by atoms with Gasteiger partial charge in [-0.1, -0.05) is 72.3 Å². The minimum atomic E-state index is -1.45. The number of hydrogen-bond acceptors (Lipinski definition) is 6. The first-order valence-electron chi connectivity index (χ1n) is 12.8. The van der Waals surface area contributed by atoms with Gasteiger partial charge in [-0.05, 0) is 41.3 Å². The van der Waals surface area contributed by atoms with Gasteiger partial charge in [-0.2, -0.15) is 5.10 Å². The maximum Gasteiger partial charge on any atom is 0.300 e. The molecule has 5 aliphatic rings. The van der Waals surface area contributed by atoms with Crippen LogP contribution >= 0.6 is 11.6 Å². The summed E-state index contributed by atoms with van der Waals surface area (Å²) in [7, 11) is 0. The smallest absolute Gasteiger partial charge is 0.300 e. The van der Waals surface area contributed by atoms with Crippen molar-refractivity contribution in [2.75, 3.05) is 18.1 Å². The third-order valence-corrected chi connectivity index (χ3v) is 8.78. The fraction of sp³-hybridized carbons (Fsp3) is 0.267. The van der Waals surface area contributed by atoms with Crippen LogP contribution in [0.1, 0.15) is 35.1 Å². The largest absolute Gasteiger partial charge is 0.340 e. The number of nitrogens with one attached hydrogen (secondary N) is 1. The monoisotopic (exact) mass is 541 g/mol. The van der Waals surface area contributed by atoms with E-state index in [-0.39, 0.29) is 17.7 Å². The summed E-state index contributed by atoms with van der Waals surface area (Å²) in [6.45, 7) is 2.14. The zero-order valence-electron chi connectivity index (χ0n) is 21.0. The Kier molecular flexibility index (Phi) is 5.32. The van der Waals surface area contributed by atoms with Crippen molar-refractivity contribution in [3.8, 4) is 0 Å². The van der Waals surface area contributed by atoms with Crippen molar-refractivity contribution in [1.82, 2.24) is 5.43 Å². The van der Waals surface area contributed by atoms with Crippen LogP contribution in [-0.4, -0.2) is 42.9 Å². The number of halogens is 1. The number of carbonyl (C=O) groups excluding carboxylic acids is 3. The van der Waals surface area contributed by atoms with Crippen molar-refractivity contribution in [2.24, 2.45) is 16.9 Å². The van der Waals surface area contributed by atoms with Crippen molar-refractivity contribution >= 4 is 41.2 Å². The maximum absolute atomic E-state index is 14.3. The van der Waals surface area contributed by atoms with Gasteiger partial charge >= 0.3 is 0 Å². The number of carbonyl (C=O) groups is 3. The van der Waals surface area contributed by atoms with E-state index in [4.69, 9.17) is 21.1 Å². The minimum Gasteiger partial charge on any atom is -0.340 e. The molecule has 3 aromatic carbocycles. The average Bonchev–Trinajstić information content (AvgIpc) is 3.51. The lowest BCUT2D eigenvalue weighted by atomic mass is 9.47. The molecular formula is C30H24ClN3O5. The van der Waals surface area contributed by atoms with E-state index in [1.54, 1.807) is 30.5 Å². The molecule has 3 aliphatic carbocycles. The summed E-state index contributed by atoms with van der Waals surface area (Å²) in [4.78, 5) is 42.6. The highest BCUT2D eigenvalue weighted by Crippen LogP contribution is 2.63. The summed E-state index contributed by atoms with van der Waals surface area (Å²) in [6.07, 6.45) is 1.61. The summed E-state index contributed by atoms with van der Waals surface area (Å²) in [5.41, 5.74) is 5.51. The lowest BCUT2D eigenvalue weighted by molar-refractivity contribution is -0.176. The standard InChI is InChI=1S/C30H24ClN3O5/c1-29(38-14-15-39-29)28(37)33-32-16-30-19-10-4-2-8-17(19)23(18-9-3-5-11-20(18)30)24-25(30)27(36)34(26(24)35)22-13-7-6-12-21(22)31/h2-13,16,23-25H,14-15H2,1H3,(H,33,37)/b32-16-/t23?,24-,25+,30?/m0/s1. The second-order valence-electron chi connectivity index (χ2n) is 10.3. The van der Waals surface area contributed by atoms with E-state index in [0.29, 0.717) is 23.9 Å². The molecule has 2 aliphatic heterocycles. The van der Waals surface area contributed by atoms with Crippen LogP contribution in [0.3, 0.4) is 0 Å². The topological polar surface area (TPSA) is 97.3 Å². The highest BCUT2D eigenvalue weighted by Gasteiger charge is 2.68. The first-order chi connectivity index (χ1) is 18.9. The number of ether oxygens (including phenoxy) is 2. The van der Waals surface area contributed by atoms with Crippen LogP contribution in [0.2, 0.25) is 5.02 Å². The molecule has 0 unspecified atom stereocenters. The third kappa shape index (κ3) is 3.19. The molecule has 2 heterocycles. The van der Waals surface area contributed by atoms with Gasteiger partial charge in [-0.25, -0.2) is 10.3 Å². The number of amides is 3. The molecule has 1 N–H and O–H groups in total. The van der Waals surface area contributed by atoms with E-state index in [0.717, 1.165) is 22.3 Å². The number of imide groups is 1. The molecule has 3 amide bonds. The van der Waals surface area contributed by atoms with E-state index < -0.39 is 28.9 Å². The maximum atomic E-state index is 14.3.